The van der Waals surface area contributed by atoms with E-state index in [2.05, 4.69) is 10.1 Å². The molecule has 1 aromatic heterocycles. The van der Waals surface area contributed by atoms with Gasteiger partial charge in [-0.15, -0.1) is 0 Å². The van der Waals surface area contributed by atoms with Gasteiger partial charge in [-0.3, -0.25) is 0 Å². The first-order valence-corrected chi connectivity index (χ1v) is 8.88. The number of hydrogen-bond acceptors (Lipinski definition) is 4. The molecule has 0 N–H and O–H groups in total. The minimum atomic E-state index is -4.78. The number of hydrogen-bond donors (Lipinski definition) is 0. The van der Waals surface area contributed by atoms with Crippen molar-refractivity contribution < 1.29 is 26.3 Å². The SMILES string of the molecule is CN(C)/C=N/c1c(SC(F)(F)F)c(C#N)nn1-c1c(Cl)cc(C(F)(F)F)cc1Cl. The molecule has 0 aliphatic heterocycles. The Labute approximate surface area is 174 Å². The third-order valence-corrected chi connectivity index (χ3v) is 4.50. The molecule has 0 unspecified atom stereocenters. The highest BCUT2D eigenvalue weighted by molar-refractivity contribution is 8.00. The zero-order valence-corrected chi connectivity index (χ0v) is 16.7. The summed E-state index contributed by atoms with van der Waals surface area (Å²) < 4.78 is 78.4. The molecule has 0 fully saturated rings. The van der Waals surface area contributed by atoms with Crippen LogP contribution in [-0.2, 0) is 6.18 Å². The Kier molecular flexibility index (Phi) is 6.66. The van der Waals surface area contributed by atoms with E-state index < -0.39 is 55.5 Å². The molecule has 2 rings (SSSR count). The van der Waals surface area contributed by atoms with Gasteiger partial charge in [0, 0.05) is 14.1 Å². The summed E-state index contributed by atoms with van der Waals surface area (Å²) in [5.41, 5.74) is -6.94. The number of nitrogens with zero attached hydrogens (tertiary/aromatic N) is 5. The zero-order valence-electron chi connectivity index (χ0n) is 14.4. The Morgan fingerprint density at radius 2 is 1.72 bits per heavy atom. The maximum Gasteiger partial charge on any atom is 0.446 e. The number of benzene rings is 1. The second kappa shape index (κ2) is 8.33. The summed E-state index contributed by atoms with van der Waals surface area (Å²) in [6, 6.07) is 2.60. The fraction of sp³-hybridized carbons (Fsp3) is 0.267. The summed E-state index contributed by atoms with van der Waals surface area (Å²) >= 11 is 11.2. The van der Waals surface area contributed by atoms with E-state index in [1.54, 1.807) is 0 Å². The van der Waals surface area contributed by atoms with Crippen molar-refractivity contribution in [1.82, 2.24) is 14.7 Å². The molecule has 5 nitrogen and oxygen atoms in total. The number of aliphatic imine (C=N–C) groups is 1. The van der Waals surface area contributed by atoms with Crippen LogP contribution in [0.25, 0.3) is 5.69 Å². The van der Waals surface area contributed by atoms with Gasteiger partial charge < -0.3 is 4.90 Å². The molecular weight excluding hydrogens is 467 g/mol. The van der Waals surface area contributed by atoms with E-state index in [4.69, 9.17) is 23.2 Å². The summed E-state index contributed by atoms with van der Waals surface area (Å²) in [6.45, 7) is 0. The number of nitriles is 1. The van der Waals surface area contributed by atoms with Gasteiger partial charge in [-0.25, -0.2) is 9.67 Å². The monoisotopic (exact) mass is 475 g/mol. The summed E-state index contributed by atoms with van der Waals surface area (Å²) in [5, 5.41) is 11.8. The average Bonchev–Trinajstić information content (AvgIpc) is 2.87. The summed E-state index contributed by atoms with van der Waals surface area (Å²) in [4.78, 5) is 4.62. The topological polar surface area (TPSA) is 57.2 Å². The lowest BCUT2D eigenvalue weighted by Crippen LogP contribution is -2.09. The largest absolute Gasteiger partial charge is 0.446 e. The second-order valence-electron chi connectivity index (χ2n) is 5.57. The van der Waals surface area contributed by atoms with Crippen LogP contribution in [0.3, 0.4) is 0 Å². The van der Waals surface area contributed by atoms with E-state index in [-0.39, 0.29) is 5.69 Å². The first-order valence-electron chi connectivity index (χ1n) is 7.30. The van der Waals surface area contributed by atoms with Crippen molar-refractivity contribution in [3.8, 4) is 11.8 Å². The van der Waals surface area contributed by atoms with Crippen molar-refractivity contribution in [2.75, 3.05) is 14.1 Å². The van der Waals surface area contributed by atoms with Gasteiger partial charge in [-0.1, -0.05) is 23.2 Å². The predicted octanol–water partition coefficient (Wildman–Crippen LogP) is 5.90. The molecule has 1 aromatic carbocycles. The van der Waals surface area contributed by atoms with Crippen molar-refractivity contribution in [3.63, 3.8) is 0 Å². The van der Waals surface area contributed by atoms with Crippen LogP contribution in [0.15, 0.2) is 22.0 Å². The van der Waals surface area contributed by atoms with Crippen LogP contribution in [0.4, 0.5) is 32.2 Å². The van der Waals surface area contributed by atoms with E-state index in [9.17, 15) is 31.6 Å². The van der Waals surface area contributed by atoms with Crippen LogP contribution >= 0.6 is 35.0 Å². The Hall–Kier alpha value is -2.10. The van der Waals surface area contributed by atoms with Crippen LogP contribution in [-0.4, -0.2) is 40.6 Å². The van der Waals surface area contributed by atoms with Gasteiger partial charge in [0.05, 0.1) is 26.8 Å². The maximum atomic E-state index is 13.0. The third kappa shape index (κ3) is 5.49. The van der Waals surface area contributed by atoms with Gasteiger partial charge in [0.2, 0.25) is 0 Å². The van der Waals surface area contributed by atoms with Gasteiger partial charge >= 0.3 is 11.7 Å². The first kappa shape index (κ1) is 23.2. The van der Waals surface area contributed by atoms with Gasteiger partial charge in [0.1, 0.15) is 11.8 Å². The van der Waals surface area contributed by atoms with E-state index in [1.165, 1.54) is 25.1 Å². The van der Waals surface area contributed by atoms with E-state index in [0.717, 1.165) is 6.34 Å². The lowest BCUT2D eigenvalue weighted by atomic mass is 10.2. The van der Waals surface area contributed by atoms with E-state index >= 15 is 0 Å². The molecule has 0 aliphatic carbocycles. The highest BCUT2D eigenvalue weighted by Crippen LogP contribution is 2.46. The van der Waals surface area contributed by atoms with Gasteiger partial charge in [-0.2, -0.15) is 36.7 Å². The normalized spacial score (nSPS) is 12.4. The molecule has 0 spiro atoms. The van der Waals surface area contributed by atoms with E-state index in [0.29, 0.717) is 16.8 Å². The van der Waals surface area contributed by atoms with Gasteiger partial charge in [0.15, 0.2) is 11.5 Å². The lowest BCUT2D eigenvalue weighted by molar-refractivity contribution is -0.137. The molecule has 156 valence electrons. The number of rotatable bonds is 4. The lowest BCUT2D eigenvalue weighted by Gasteiger charge is -2.14. The van der Waals surface area contributed by atoms with Gasteiger partial charge in [0.25, 0.3) is 0 Å². The van der Waals surface area contributed by atoms with Gasteiger partial charge in [-0.05, 0) is 23.9 Å². The van der Waals surface area contributed by atoms with Crippen molar-refractivity contribution in [3.05, 3.63) is 33.4 Å². The molecule has 1 heterocycles. The Morgan fingerprint density at radius 1 is 1.17 bits per heavy atom. The fourth-order valence-corrected chi connectivity index (χ4v) is 3.34. The number of alkyl halides is 6. The molecule has 0 saturated carbocycles. The summed E-state index contributed by atoms with van der Waals surface area (Å²) in [5.74, 6) is -0.471. The predicted molar refractivity (Wildman–Crippen MR) is 97.1 cm³/mol. The van der Waals surface area contributed by atoms with Crippen molar-refractivity contribution in [2.45, 2.75) is 16.6 Å². The van der Waals surface area contributed by atoms with Crippen molar-refractivity contribution >= 4 is 47.1 Å². The third-order valence-electron chi connectivity index (χ3n) is 3.11. The molecule has 0 radical (unpaired) electrons. The molecular formula is C15H9Cl2F6N5S. The Bertz CT molecular complexity index is 968. The standard InChI is InChI=1S/C15H9Cl2F6N5S/c1-27(2)6-25-13-12(29-15(21,22)23)10(5-24)26-28(13)11-8(16)3-7(4-9(11)17)14(18,19)20/h3-4,6H,1-2H3/b25-6+. The molecule has 29 heavy (non-hydrogen) atoms. The quantitative estimate of drug-likeness (QED) is 0.239. The van der Waals surface area contributed by atoms with E-state index in [1.807, 2.05) is 0 Å². The van der Waals surface area contributed by atoms with Crippen LogP contribution in [0.2, 0.25) is 10.0 Å². The molecule has 0 atom stereocenters. The summed E-state index contributed by atoms with van der Waals surface area (Å²) in [6.07, 6.45) is -3.63. The number of halogens is 8. The first-order chi connectivity index (χ1) is 13.2. The minimum Gasteiger partial charge on any atom is -0.369 e. The average molecular weight is 476 g/mol. The molecule has 2 aromatic rings. The number of thioether (sulfide) groups is 1. The Balaban J connectivity index is 2.81. The highest BCUT2D eigenvalue weighted by Gasteiger charge is 2.36. The molecule has 0 aliphatic rings. The zero-order chi connectivity index (χ0) is 22.1. The maximum absolute atomic E-state index is 13.0. The molecule has 0 saturated heterocycles. The molecule has 0 bridgehead atoms. The molecule has 14 heteroatoms. The van der Waals surface area contributed by atoms with Crippen molar-refractivity contribution in [2.24, 2.45) is 4.99 Å². The fourth-order valence-electron chi connectivity index (χ4n) is 2.05. The summed E-state index contributed by atoms with van der Waals surface area (Å²) in [7, 11) is 3.06. The minimum absolute atomic E-state index is 0.349. The van der Waals surface area contributed by atoms with Crippen LogP contribution in [0.1, 0.15) is 11.3 Å². The molecule has 0 amide bonds. The van der Waals surface area contributed by atoms with Crippen LogP contribution < -0.4 is 0 Å². The smallest absolute Gasteiger partial charge is 0.369 e. The van der Waals surface area contributed by atoms with Crippen LogP contribution in [0, 0.1) is 11.3 Å². The van der Waals surface area contributed by atoms with Crippen molar-refractivity contribution in [1.29, 1.82) is 5.26 Å². The second-order valence-corrected chi connectivity index (χ2v) is 7.46. The number of aromatic nitrogens is 2. The Morgan fingerprint density at radius 3 is 2.14 bits per heavy atom. The highest BCUT2D eigenvalue weighted by atomic mass is 35.5. The van der Waals surface area contributed by atoms with Crippen LogP contribution in [0.5, 0.6) is 0 Å².